The van der Waals surface area contributed by atoms with Gasteiger partial charge in [0, 0.05) is 5.41 Å². The summed E-state index contributed by atoms with van der Waals surface area (Å²) in [5.41, 5.74) is -0.211. The molecule has 66 valence electrons. The number of unbranched alkanes of at least 4 members (excludes halogenated alkanes) is 1. The van der Waals surface area contributed by atoms with Crippen LogP contribution in [0.25, 0.3) is 0 Å². The minimum absolute atomic E-state index is 0.150. The van der Waals surface area contributed by atoms with Crippen molar-refractivity contribution in [2.75, 3.05) is 5.88 Å². The predicted molar refractivity (Wildman–Crippen MR) is 49.0 cm³/mol. The molecule has 0 amide bonds. The summed E-state index contributed by atoms with van der Waals surface area (Å²) in [5, 5.41) is 0. The van der Waals surface area contributed by atoms with Crippen molar-refractivity contribution in [1.29, 1.82) is 0 Å². The summed E-state index contributed by atoms with van der Waals surface area (Å²) in [6.45, 7) is 6.06. The largest absolute Gasteiger partial charge is 0.298 e. The molecule has 0 aromatic carbocycles. The molecule has 2 heteroatoms. The van der Waals surface area contributed by atoms with Gasteiger partial charge in [0.15, 0.2) is 5.78 Å². The quantitative estimate of drug-likeness (QED) is 0.589. The molecule has 0 saturated carbocycles. The number of rotatable bonds is 5. The number of alkyl halides is 1. The van der Waals surface area contributed by atoms with Crippen molar-refractivity contribution < 1.29 is 4.79 Å². The van der Waals surface area contributed by atoms with E-state index in [-0.39, 0.29) is 17.1 Å². The van der Waals surface area contributed by atoms with E-state index >= 15 is 0 Å². The molecule has 0 fully saturated rings. The molecule has 1 nitrogen and oxygen atoms in total. The van der Waals surface area contributed by atoms with Gasteiger partial charge in [-0.05, 0) is 6.42 Å². The molecule has 0 aliphatic heterocycles. The Morgan fingerprint density at radius 3 is 2.36 bits per heavy atom. The average molecular weight is 177 g/mol. The zero-order valence-corrected chi connectivity index (χ0v) is 8.37. The number of halogens is 1. The second-order valence-corrected chi connectivity index (χ2v) is 3.81. The Morgan fingerprint density at radius 1 is 1.45 bits per heavy atom. The standard InChI is InChI=1S/C9H17ClO/c1-4-5-6-9(2,3)8(11)7-10/h4-7H2,1-3H3. The van der Waals surface area contributed by atoms with Crippen LogP contribution in [0.4, 0.5) is 0 Å². The van der Waals surface area contributed by atoms with Gasteiger partial charge in [-0.15, -0.1) is 11.6 Å². The van der Waals surface area contributed by atoms with E-state index in [0.29, 0.717) is 0 Å². The van der Waals surface area contributed by atoms with Crippen LogP contribution in [0.1, 0.15) is 40.0 Å². The third-order valence-electron chi connectivity index (χ3n) is 2.03. The topological polar surface area (TPSA) is 17.1 Å². The zero-order valence-electron chi connectivity index (χ0n) is 7.61. The second-order valence-electron chi connectivity index (χ2n) is 3.54. The third-order valence-corrected chi connectivity index (χ3v) is 2.27. The Hall–Kier alpha value is -0.0400. The summed E-state index contributed by atoms with van der Waals surface area (Å²) in [4.78, 5) is 11.2. The van der Waals surface area contributed by atoms with Crippen LogP contribution in [0.2, 0.25) is 0 Å². The molecule has 0 aliphatic rings. The number of Topliss-reactive ketones (excluding diaryl/α,β-unsaturated/α-hetero) is 1. The number of hydrogen-bond acceptors (Lipinski definition) is 1. The molecule has 0 aromatic heterocycles. The van der Waals surface area contributed by atoms with E-state index in [1.54, 1.807) is 0 Å². The molecule has 0 aromatic rings. The molecule has 0 spiro atoms. The Kier molecular flexibility index (Phi) is 4.74. The Bertz CT molecular complexity index is 130. The first-order valence-corrected chi connectivity index (χ1v) is 4.67. The van der Waals surface area contributed by atoms with Crippen LogP contribution in [0.3, 0.4) is 0 Å². The maximum atomic E-state index is 11.2. The summed E-state index contributed by atoms with van der Waals surface area (Å²) < 4.78 is 0. The molecular weight excluding hydrogens is 160 g/mol. The highest BCUT2D eigenvalue weighted by Gasteiger charge is 2.25. The van der Waals surface area contributed by atoms with Crippen molar-refractivity contribution in [3.05, 3.63) is 0 Å². The van der Waals surface area contributed by atoms with E-state index in [0.717, 1.165) is 19.3 Å². The van der Waals surface area contributed by atoms with E-state index in [1.165, 1.54) is 0 Å². The SMILES string of the molecule is CCCCC(C)(C)C(=O)CCl. The average Bonchev–Trinajstić information content (AvgIpc) is 1.99. The van der Waals surface area contributed by atoms with Gasteiger partial charge in [-0.1, -0.05) is 33.6 Å². The van der Waals surface area contributed by atoms with Crippen molar-refractivity contribution in [2.45, 2.75) is 40.0 Å². The van der Waals surface area contributed by atoms with Gasteiger partial charge in [-0.25, -0.2) is 0 Å². The first-order chi connectivity index (χ1) is 5.04. The lowest BCUT2D eigenvalue weighted by Crippen LogP contribution is -2.25. The molecule has 0 aliphatic carbocycles. The minimum atomic E-state index is -0.211. The lowest BCUT2D eigenvalue weighted by atomic mass is 9.83. The van der Waals surface area contributed by atoms with Crippen LogP contribution in [-0.2, 0) is 4.79 Å². The van der Waals surface area contributed by atoms with Crippen molar-refractivity contribution in [3.63, 3.8) is 0 Å². The molecule has 0 rings (SSSR count). The molecule has 0 unspecified atom stereocenters. The molecule has 0 bridgehead atoms. The second kappa shape index (κ2) is 4.76. The predicted octanol–water partition coefficient (Wildman–Crippen LogP) is 3.01. The number of ketones is 1. The van der Waals surface area contributed by atoms with Gasteiger partial charge < -0.3 is 0 Å². The minimum Gasteiger partial charge on any atom is -0.298 e. The normalized spacial score (nSPS) is 11.6. The summed E-state index contributed by atoms with van der Waals surface area (Å²) in [5.74, 6) is 0.309. The lowest BCUT2D eigenvalue weighted by Gasteiger charge is -2.21. The Balaban J connectivity index is 3.88. The molecule has 0 atom stereocenters. The Labute approximate surface area is 74.1 Å². The van der Waals surface area contributed by atoms with Crippen LogP contribution >= 0.6 is 11.6 Å². The van der Waals surface area contributed by atoms with Crippen molar-refractivity contribution in [3.8, 4) is 0 Å². The smallest absolute Gasteiger partial charge is 0.153 e. The first kappa shape index (κ1) is 11.0. The summed E-state index contributed by atoms with van der Waals surface area (Å²) in [6.07, 6.45) is 3.20. The summed E-state index contributed by atoms with van der Waals surface area (Å²) in [7, 11) is 0. The maximum absolute atomic E-state index is 11.2. The van der Waals surface area contributed by atoms with E-state index in [4.69, 9.17) is 11.6 Å². The van der Waals surface area contributed by atoms with E-state index < -0.39 is 0 Å². The van der Waals surface area contributed by atoms with Crippen molar-refractivity contribution in [1.82, 2.24) is 0 Å². The fourth-order valence-corrected chi connectivity index (χ4v) is 1.30. The number of carbonyl (C=O) groups excluding carboxylic acids is 1. The van der Waals surface area contributed by atoms with Crippen molar-refractivity contribution in [2.24, 2.45) is 5.41 Å². The van der Waals surface area contributed by atoms with Crippen LogP contribution in [-0.4, -0.2) is 11.7 Å². The van der Waals surface area contributed by atoms with E-state index in [2.05, 4.69) is 6.92 Å². The van der Waals surface area contributed by atoms with Gasteiger partial charge in [-0.2, -0.15) is 0 Å². The van der Waals surface area contributed by atoms with Gasteiger partial charge in [0.05, 0.1) is 5.88 Å². The fourth-order valence-electron chi connectivity index (χ4n) is 0.939. The third kappa shape index (κ3) is 3.76. The van der Waals surface area contributed by atoms with Gasteiger partial charge in [-0.3, -0.25) is 4.79 Å². The highest BCUT2D eigenvalue weighted by molar-refractivity contribution is 6.28. The molecule has 0 N–H and O–H groups in total. The molecule has 0 heterocycles. The molecule has 0 radical (unpaired) electrons. The molecular formula is C9H17ClO. The van der Waals surface area contributed by atoms with Crippen LogP contribution < -0.4 is 0 Å². The van der Waals surface area contributed by atoms with Crippen molar-refractivity contribution >= 4 is 17.4 Å². The van der Waals surface area contributed by atoms with Crippen LogP contribution in [0.15, 0.2) is 0 Å². The molecule has 11 heavy (non-hydrogen) atoms. The van der Waals surface area contributed by atoms with Gasteiger partial charge >= 0.3 is 0 Å². The zero-order chi connectivity index (χ0) is 8.91. The maximum Gasteiger partial charge on any atom is 0.153 e. The monoisotopic (exact) mass is 176 g/mol. The van der Waals surface area contributed by atoms with E-state index in [9.17, 15) is 4.79 Å². The highest BCUT2D eigenvalue weighted by atomic mass is 35.5. The fraction of sp³-hybridized carbons (Fsp3) is 0.889. The van der Waals surface area contributed by atoms with E-state index in [1.807, 2.05) is 13.8 Å². The first-order valence-electron chi connectivity index (χ1n) is 4.14. The number of carbonyl (C=O) groups is 1. The summed E-state index contributed by atoms with van der Waals surface area (Å²) >= 11 is 5.47. The summed E-state index contributed by atoms with van der Waals surface area (Å²) in [6, 6.07) is 0. The van der Waals surface area contributed by atoms with Crippen LogP contribution in [0, 0.1) is 5.41 Å². The molecule has 0 saturated heterocycles. The van der Waals surface area contributed by atoms with Gasteiger partial charge in [0.2, 0.25) is 0 Å². The Morgan fingerprint density at radius 2 is 2.00 bits per heavy atom. The van der Waals surface area contributed by atoms with Gasteiger partial charge in [0.1, 0.15) is 0 Å². The van der Waals surface area contributed by atoms with Gasteiger partial charge in [0.25, 0.3) is 0 Å². The lowest BCUT2D eigenvalue weighted by molar-refractivity contribution is -0.124. The number of hydrogen-bond donors (Lipinski definition) is 0. The van der Waals surface area contributed by atoms with Crippen LogP contribution in [0.5, 0.6) is 0 Å². The highest BCUT2D eigenvalue weighted by Crippen LogP contribution is 2.24.